The minimum absolute atomic E-state index is 0.719. The Balaban J connectivity index is 1.30. The Bertz CT molecular complexity index is 2810. The molecule has 0 amide bonds. The standard InChI is InChI=1S/C42H25N3S/c1-2-13-26(14-3-1)39-31-19-6-9-22-34(31)43-42(44-39)27-15-12-16-28(25-27)45-35-23-10-7-20-32(35)37-38-33-21-8-11-24-36(33)46-41(38)30-18-5-4-17-29(30)40(37)45/h1-25H. The summed E-state index contributed by atoms with van der Waals surface area (Å²) in [6, 6.07) is 53.9. The second-order valence-corrected chi connectivity index (χ2v) is 12.8. The minimum Gasteiger partial charge on any atom is -0.309 e. The van der Waals surface area contributed by atoms with Crippen molar-refractivity contribution in [1.29, 1.82) is 0 Å². The van der Waals surface area contributed by atoms with Crippen LogP contribution in [0.1, 0.15) is 0 Å². The Hall–Kier alpha value is -5.84. The van der Waals surface area contributed by atoms with Crippen LogP contribution in [0.15, 0.2) is 152 Å². The van der Waals surface area contributed by atoms with Crippen LogP contribution in [-0.2, 0) is 0 Å². The van der Waals surface area contributed by atoms with Crippen molar-refractivity contribution in [3.8, 4) is 28.3 Å². The number of hydrogen-bond acceptors (Lipinski definition) is 3. The van der Waals surface area contributed by atoms with Gasteiger partial charge < -0.3 is 4.57 Å². The average molecular weight is 604 g/mol. The van der Waals surface area contributed by atoms with Crippen molar-refractivity contribution in [2.45, 2.75) is 0 Å². The number of rotatable bonds is 3. The number of benzene rings is 7. The van der Waals surface area contributed by atoms with E-state index in [0.717, 1.165) is 39.2 Å². The van der Waals surface area contributed by atoms with E-state index in [2.05, 4.69) is 144 Å². The lowest BCUT2D eigenvalue weighted by atomic mass is 10.00. The van der Waals surface area contributed by atoms with Crippen LogP contribution in [0, 0.1) is 0 Å². The Morgan fingerprint density at radius 2 is 1.15 bits per heavy atom. The molecule has 0 spiro atoms. The van der Waals surface area contributed by atoms with E-state index >= 15 is 0 Å². The van der Waals surface area contributed by atoms with E-state index in [1.54, 1.807) is 0 Å². The molecule has 0 radical (unpaired) electrons. The third-order valence-electron chi connectivity index (χ3n) is 9.16. The second-order valence-electron chi connectivity index (χ2n) is 11.8. The van der Waals surface area contributed by atoms with Crippen molar-refractivity contribution >= 4 is 75.0 Å². The molecule has 3 aromatic heterocycles. The van der Waals surface area contributed by atoms with Crippen LogP contribution in [0.3, 0.4) is 0 Å². The maximum atomic E-state index is 5.19. The van der Waals surface area contributed by atoms with Gasteiger partial charge in [0.15, 0.2) is 5.82 Å². The van der Waals surface area contributed by atoms with Gasteiger partial charge in [-0.1, -0.05) is 121 Å². The van der Waals surface area contributed by atoms with Crippen LogP contribution in [0.5, 0.6) is 0 Å². The number of thiophene rings is 1. The quantitative estimate of drug-likeness (QED) is 0.201. The number of para-hydroxylation sites is 2. The zero-order valence-electron chi connectivity index (χ0n) is 24.7. The lowest BCUT2D eigenvalue weighted by Gasteiger charge is -2.13. The molecule has 0 atom stereocenters. The minimum atomic E-state index is 0.719. The largest absolute Gasteiger partial charge is 0.309 e. The van der Waals surface area contributed by atoms with Crippen LogP contribution in [0.25, 0.3) is 92.0 Å². The molecule has 0 aliphatic rings. The van der Waals surface area contributed by atoms with Crippen molar-refractivity contribution in [2.75, 3.05) is 0 Å². The fourth-order valence-electron chi connectivity index (χ4n) is 7.19. The maximum absolute atomic E-state index is 5.19. The number of nitrogens with zero attached hydrogens (tertiary/aromatic N) is 3. The summed E-state index contributed by atoms with van der Waals surface area (Å²) in [6.07, 6.45) is 0. The van der Waals surface area contributed by atoms with Gasteiger partial charge in [-0.3, -0.25) is 0 Å². The molecule has 0 aliphatic carbocycles. The van der Waals surface area contributed by atoms with Crippen molar-refractivity contribution in [3.63, 3.8) is 0 Å². The molecule has 0 saturated heterocycles. The van der Waals surface area contributed by atoms with Gasteiger partial charge in [-0.15, -0.1) is 11.3 Å². The van der Waals surface area contributed by atoms with E-state index in [1.165, 1.54) is 52.8 Å². The molecule has 0 fully saturated rings. The number of hydrogen-bond donors (Lipinski definition) is 0. The molecule has 3 nitrogen and oxygen atoms in total. The van der Waals surface area contributed by atoms with Gasteiger partial charge in [-0.25, -0.2) is 9.97 Å². The van der Waals surface area contributed by atoms with Gasteiger partial charge in [-0.05, 0) is 30.3 Å². The molecule has 10 rings (SSSR count). The Labute approximate surface area is 268 Å². The summed E-state index contributed by atoms with van der Waals surface area (Å²) in [7, 11) is 0. The predicted octanol–water partition coefficient (Wildman–Crippen LogP) is 11.6. The van der Waals surface area contributed by atoms with Gasteiger partial charge in [0.05, 0.1) is 22.2 Å². The van der Waals surface area contributed by atoms with E-state index in [1.807, 2.05) is 23.5 Å². The smallest absolute Gasteiger partial charge is 0.160 e. The molecule has 0 aliphatic heterocycles. The molecule has 4 heteroatoms. The molecule has 0 N–H and O–H groups in total. The van der Waals surface area contributed by atoms with E-state index in [9.17, 15) is 0 Å². The summed E-state index contributed by atoms with van der Waals surface area (Å²) in [6.45, 7) is 0. The highest BCUT2D eigenvalue weighted by atomic mass is 32.1. The topological polar surface area (TPSA) is 30.7 Å². The van der Waals surface area contributed by atoms with Crippen LogP contribution < -0.4 is 0 Å². The van der Waals surface area contributed by atoms with E-state index in [0.29, 0.717) is 0 Å². The van der Waals surface area contributed by atoms with Crippen molar-refractivity contribution in [3.05, 3.63) is 152 Å². The Morgan fingerprint density at radius 3 is 2.02 bits per heavy atom. The van der Waals surface area contributed by atoms with Gasteiger partial charge in [0, 0.05) is 63.9 Å². The molecule has 214 valence electrons. The fourth-order valence-corrected chi connectivity index (χ4v) is 8.44. The first kappa shape index (κ1) is 25.5. The Morgan fingerprint density at radius 1 is 0.478 bits per heavy atom. The van der Waals surface area contributed by atoms with Gasteiger partial charge in [0.1, 0.15) is 0 Å². The zero-order valence-corrected chi connectivity index (χ0v) is 25.5. The molecule has 7 aromatic carbocycles. The van der Waals surface area contributed by atoms with Crippen molar-refractivity contribution in [2.24, 2.45) is 0 Å². The molecular weight excluding hydrogens is 579 g/mol. The number of fused-ring (bicyclic) bond motifs is 11. The average Bonchev–Trinajstić information content (AvgIpc) is 3.68. The third kappa shape index (κ3) is 3.65. The van der Waals surface area contributed by atoms with Crippen molar-refractivity contribution in [1.82, 2.24) is 14.5 Å². The number of aromatic nitrogens is 3. The van der Waals surface area contributed by atoms with Crippen LogP contribution in [0.4, 0.5) is 0 Å². The molecule has 10 aromatic rings. The SMILES string of the molecule is c1ccc(-c2nc(-c3cccc(-n4c5ccccc5c5c6c7ccccc7sc6c6ccccc6c54)c3)nc3ccccc23)cc1. The molecule has 0 bridgehead atoms. The Kier molecular flexibility index (Phi) is 5.45. The molecule has 0 unspecified atom stereocenters. The highest BCUT2D eigenvalue weighted by Crippen LogP contribution is 2.48. The van der Waals surface area contributed by atoms with Crippen LogP contribution in [0.2, 0.25) is 0 Å². The van der Waals surface area contributed by atoms with Crippen LogP contribution >= 0.6 is 11.3 Å². The first-order valence-electron chi connectivity index (χ1n) is 15.5. The summed E-state index contributed by atoms with van der Waals surface area (Å²) >= 11 is 1.89. The predicted molar refractivity (Wildman–Crippen MR) is 195 cm³/mol. The lowest BCUT2D eigenvalue weighted by Crippen LogP contribution is -1.98. The summed E-state index contributed by atoms with van der Waals surface area (Å²) < 4.78 is 5.11. The summed E-state index contributed by atoms with van der Waals surface area (Å²) in [4.78, 5) is 10.3. The highest BCUT2D eigenvalue weighted by molar-refractivity contribution is 7.27. The fraction of sp³-hybridized carbons (Fsp3) is 0. The molecule has 3 heterocycles. The van der Waals surface area contributed by atoms with Crippen molar-refractivity contribution < 1.29 is 0 Å². The third-order valence-corrected chi connectivity index (χ3v) is 10.4. The van der Waals surface area contributed by atoms with Crippen LogP contribution in [-0.4, -0.2) is 14.5 Å². The van der Waals surface area contributed by atoms with E-state index < -0.39 is 0 Å². The zero-order chi connectivity index (χ0) is 30.2. The summed E-state index contributed by atoms with van der Waals surface area (Å²) in [5.74, 6) is 0.719. The first-order chi connectivity index (χ1) is 22.8. The van der Waals surface area contributed by atoms with Gasteiger partial charge in [0.2, 0.25) is 0 Å². The molecule has 0 saturated carbocycles. The molecule has 46 heavy (non-hydrogen) atoms. The van der Waals surface area contributed by atoms with Gasteiger partial charge in [-0.2, -0.15) is 0 Å². The summed E-state index contributed by atoms with van der Waals surface area (Å²) in [5, 5.41) is 8.81. The van der Waals surface area contributed by atoms with Gasteiger partial charge >= 0.3 is 0 Å². The monoisotopic (exact) mass is 603 g/mol. The second kappa shape index (κ2) is 9.83. The summed E-state index contributed by atoms with van der Waals surface area (Å²) in [5.41, 5.74) is 7.46. The first-order valence-corrected chi connectivity index (χ1v) is 16.3. The van der Waals surface area contributed by atoms with E-state index in [4.69, 9.17) is 9.97 Å². The molecular formula is C42H25N3S. The van der Waals surface area contributed by atoms with E-state index in [-0.39, 0.29) is 0 Å². The maximum Gasteiger partial charge on any atom is 0.160 e. The lowest BCUT2D eigenvalue weighted by molar-refractivity contribution is 1.17. The normalized spacial score (nSPS) is 11.9. The highest BCUT2D eigenvalue weighted by Gasteiger charge is 2.22. The van der Waals surface area contributed by atoms with Gasteiger partial charge in [0.25, 0.3) is 0 Å².